The lowest BCUT2D eigenvalue weighted by atomic mass is 9.85. The number of carbonyl (C=O) groups excluding carboxylic acids is 1. The van der Waals surface area contributed by atoms with Gasteiger partial charge in [0.05, 0.1) is 6.04 Å². The minimum atomic E-state index is 0.0514. The van der Waals surface area contributed by atoms with Crippen molar-refractivity contribution < 1.29 is 9.53 Å². The van der Waals surface area contributed by atoms with E-state index in [1.807, 2.05) is 0 Å². The highest BCUT2D eigenvalue weighted by molar-refractivity contribution is 5.82. The van der Waals surface area contributed by atoms with Gasteiger partial charge in [-0.1, -0.05) is 12.8 Å². The van der Waals surface area contributed by atoms with Crippen molar-refractivity contribution in [1.82, 2.24) is 10.6 Å². The van der Waals surface area contributed by atoms with Crippen molar-refractivity contribution in [2.45, 2.75) is 63.5 Å². The molecule has 0 radical (unpaired) electrons. The van der Waals surface area contributed by atoms with Crippen LogP contribution in [-0.4, -0.2) is 37.7 Å². The van der Waals surface area contributed by atoms with E-state index in [-0.39, 0.29) is 11.9 Å². The second-order valence-corrected chi connectivity index (χ2v) is 6.77. The molecule has 1 aliphatic heterocycles. The van der Waals surface area contributed by atoms with Crippen LogP contribution in [0.3, 0.4) is 0 Å². The summed E-state index contributed by atoms with van der Waals surface area (Å²) in [6, 6.07) is 0.650. The molecule has 3 rings (SSSR count). The molecule has 0 spiro atoms. The van der Waals surface area contributed by atoms with E-state index in [1.54, 1.807) is 0 Å². The van der Waals surface area contributed by atoms with E-state index >= 15 is 0 Å². The van der Waals surface area contributed by atoms with Crippen molar-refractivity contribution in [3.05, 3.63) is 0 Å². The molecule has 3 unspecified atom stereocenters. The van der Waals surface area contributed by atoms with E-state index in [1.165, 1.54) is 38.5 Å². The smallest absolute Gasteiger partial charge is 0.237 e. The van der Waals surface area contributed by atoms with E-state index in [0.29, 0.717) is 6.04 Å². The molecular weight excluding hydrogens is 252 g/mol. The van der Waals surface area contributed by atoms with Gasteiger partial charge in [-0.25, -0.2) is 0 Å². The maximum atomic E-state index is 12.1. The Hall–Kier alpha value is -0.610. The summed E-state index contributed by atoms with van der Waals surface area (Å²) < 4.78 is 5.58. The summed E-state index contributed by atoms with van der Waals surface area (Å²) >= 11 is 0. The number of hydrogen-bond acceptors (Lipinski definition) is 3. The molecule has 3 aliphatic rings. The van der Waals surface area contributed by atoms with Gasteiger partial charge in [-0.15, -0.1) is 0 Å². The fourth-order valence-electron chi connectivity index (χ4n) is 3.56. The number of amides is 1. The summed E-state index contributed by atoms with van der Waals surface area (Å²) in [4.78, 5) is 12.1. The lowest BCUT2D eigenvalue weighted by molar-refractivity contribution is -0.122. The zero-order valence-electron chi connectivity index (χ0n) is 12.4. The predicted molar refractivity (Wildman–Crippen MR) is 78.5 cm³/mol. The van der Waals surface area contributed by atoms with Crippen LogP contribution < -0.4 is 10.6 Å². The number of fused-ring (bicyclic) bond motifs is 1. The minimum Gasteiger partial charge on any atom is -0.381 e. The average molecular weight is 280 g/mol. The number of hydrogen-bond donors (Lipinski definition) is 2. The highest BCUT2D eigenvalue weighted by Crippen LogP contribution is 2.33. The lowest BCUT2D eigenvalue weighted by Crippen LogP contribution is -2.43. The number of nitrogens with one attached hydrogen (secondary N) is 2. The number of ether oxygens (including phenoxy) is 1. The van der Waals surface area contributed by atoms with Crippen LogP contribution in [0.1, 0.15) is 51.4 Å². The molecule has 3 fully saturated rings. The molecule has 2 saturated carbocycles. The molecule has 1 saturated heterocycles. The van der Waals surface area contributed by atoms with Crippen LogP contribution in [-0.2, 0) is 9.53 Å². The van der Waals surface area contributed by atoms with E-state index < -0.39 is 0 Å². The fraction of sp³-hybridized carbons (Fsp3) is 0.938. The van der Waals surface area contributed by atoms with Gasteiger partial charge >= 0.3 is 0 Å². The topological polar surface area (TPSA) is 50.4 Å². The molecule has 114 valence electrons. The quantitative estimate of drug-likeness (QED) is 0.700. The summed E-state index contributed by atoms with van der Waals surface area (Å²) in [5.74, 6) is 1.76. The largest absolute Gasteiger partial charge is 0.381 e. The van der Waals surface area contributed by atoms with Crippen molar-refractivity contribution in [3.63, 3.8) is 0 Å². The van der Waals surface area contributed by atoms with Gasteiger partial charge < -0.3 is 15.4 Å². The summed E-state index contributed by atoms with van der Waals surface area (Å²) in [5, 5.41) is 6.58. The molecule has 0 aromatic heterocycles. The van der Waals surface area contributed by atoms with Gasteiger partial charge in [0.15, 0.2) is 0 Å². The predicted octanol–water partition coefficient (Wildman–Crippen LogP) is 1.84. The first kappa shape index (κ1) is 14.3. The highest BCUT2D eigenvalue weighted by Gasteiger charge is 2.37. The summed E-state index contributed by atoms with van der Waals surface area (Å²) in [6.45, 7) is 2.44. The molecule has 3 atom stereocenters. The van der Waals surface area contributed by atoms with Gasteiger partial charge in [0.1, 0.15) is 0 Å². The maximum absolute atomic E-state index is 12.1. The molecule has 4 nitrogen and oxygen atoms in total. The van der Waals surface area contributed by atoms with Gasteiger partial charge in [-0.05, 0) is 50.4 Å². The van der Waals surface area contributed by atoms with Gasteiger partial charge in [-0.3, -0.25) is 4.79 Å². The van der Waals surface area contributed by atoms with Crippen molar-refractivity contribution in [1.29, 1.82) is 0 Å². The average Bonchev–Trinajstić information content (AvgIpc) is 3.18. The van der Waals surface area contributed by atoms with Gasteiger partial charge in [0.25, 0.3) is 0 Å². The Bertz CT molecular complexity index is 316. The minimum absolute atomic E-state index is 0.0514. The van der Waals surface area contributed by atoms with Crippen LogP contribution in [0, 0.1) is 11.8 Å². The van der Waals surface area contributed by atoms with Crippen LogP contribution in [0.5, 0.6) is 0 Å². The summed E-state index contributed by atoms with van der Waals surface area (Å²) in [6.07, 6.45) is 9.86. The van der Waals surface area contributed by atoms with Gasteiger partial charge in [0, 0.05) is 25.8 Å². The second kappa shape index (κ2) is 6.90. The third-order valence-corrected chi connectivity index (χ3v) is 4.99. The number of carbonyl (C=O) groups is 1. The molecule has 4 heteroatoms. The first-order valence-electron chi connectivity index (χ1n) is 8.44. The first-order valence-corrected chi connectivity index (χ1v) is 8.44. The van der Waals surface area contributed by atoms with Crippen LogP contribution in [0.25, 0.3) is 0 Å². The zero-order chi connectivity index (χ0) is 13.8. The van der Waals surface area contributed by atoms with Gasteiger partial charge in [-0.2, -0.15) is 0 Å². The fourth-order valence-corrected chi connectivity index (χ4v) is 3.56. The summed E-state index contributed by atoms with van der Waals surface area (Å²) in [5.41, 5.74) is 0. The molecule has 1 amide bonds. The molecule has 2 N–H and O–H groups in total. The third-order valence-electron chi connectivity index (χ3n) is 4.99. The first-order chi connectivity index (χ1) is 9.83. The van der Waals surface area contributed by atoms with Crippen molar-refractivity contribution >= 4 is 5.91 Å². The molecule has 0 aromatic carbocycles. The van der Waals surface area contributed by atoms with Crippen LogP contribution in [0.2, 0.25) is 0 Å². The Morgan fingerprint density at radius 3 is 2.85 bits per heavy atom. The monoisotopic (exact) mass is 280 g/mol. The van der Waals surface area contributed by atoms with E-state index in [0.717, 1.165) is 44.4 Å². The zero-order valence-corrected chi connectivity index (χ0v) is 12.4. The molecule has 1 heterocycles. The van der Waals surface area contributed by atoms with Crippen LogP contribution in [0.4, 0.5) is 0 Å². The standard InChI is InChI=1S/C16H28N2O2/c19-16(17-8-3-9-20-11-12-6-7-12)15-10-13-4-1-2-5-14(13)18-15/h12-15,18H,1-11H2,(H,17,19). The van der Waals surface area contributed by atoms with E-state index in [4.69, 9.17) is 4.74 Å². The Morgan fingerprint density at radius 2 is 2.05 bits per heavy atom. The van der Waals surface area contributed by atoms with Crippen LogP contribution in [0.15, 0.2) is 0 Å². The molecular formula is C16H28N2O2. The van der Waals surface area contributed by atoms with Crippen molar-refractivity contribution in [2.75, 3.05) is 19.8 Å². The van der Waals surface area contributed by atoms with Crippen molar-refractivity contribution in [2.24, 2.45) is 11.8 Å². The highest BCUT2D eigenvalue weighted by atomic mass is 16.5. The SMILES string of the molecule is O=C(NCCCOCC1CC1)C1CC2CCCCC2N1. The van der Waals surface area contributed by atoms with E-state index in [9.17, 15) is 4.79 Å². The Kier molecular flexibility index (Phi) is 4.94. The Morgan fingerprint density at radius 1 is 1.20 bits per heavy atom. The Labute approximate surface area is 122 Å². The molecule has 20 heavy (non-hydrogen) atoms. The lowest BCUT2D eigenvalue weighted by Gasteiger charge is -2.24. The maximum Gasteiger partial charge on any atom is 0.237 e. The van der Waals surface area contributed by atoms with Gasteiger partial charge in [0.2, 0.25) is 5.91 Å². The Balaban J connectivity index is 1.26. The van der Waals surface area contributed by atoms with Crippen LogP contribution >= 0.6 is 0 Å². The summed E-state index contributed by atoms with van der Waals surface area (Å²) in [7, 11) is 0. The number of rotatable bonds is 7. The third kappa shape index (κ3) is 3.95. The van der Waals surface area contributed by atoms with E-state index in [2.05, 4.69) is 10.6 Å². The van der Waals surface area contributed by atoms with Crippen molar-refractivity contribution in [3.8, 4) is 0 Å². The normalized spacial score (nSPS) is 32.9. The molecule has 0 bridgehead atoms. The molecule has 2 aliphatic carbocycles. The molecule has 0 aromatic rings. The second-order valence-electron chi connectivity index (χ2n) is 6.77.